The lowest BCUT2D eigenvalue weighted by molar-refractivity contribution is 0.251. The van der Waals surface area contributed by atoms with E-state index in [1.807, 2.05) is 12.1 Å². The summed E-state index contributed by atoms with van der Waals surface area (Å²) in [7, 11) is 0. The van der Waals surface area contributed by atoms with Crippen molar-refractivity contribution in [3.8, 4) is 0 Å². The van der Waals surface area contributed by atoms with E-state index in [9.17, 15) is 0 Å². The third kappa shape index (κ3) is 1.17. The Hall–Kier alpha value is -1.28. The maximum atomic E-state index is 5.98. The molecule has 16 heavy (non-hydrogen) atoms. The fourth-order valence-corrected chi connectivity index (χ4v) is 2.99. The van der Waals surface area contributed by atoms with Crippen LogP contribution in [-0.2, 0) is 5.41 Å². The normalized spacial score (nSPS) is 18.6. The summed E-state index contributed by atoms with van der Waals surface area (Å²) in [4.78, 5) is 0. The molecule has 1 aromatic heterocycles. The predicted molar refractivity (Wildman–Crippen MR) is 65.5 cm³/mol. The highest BCUT2D eigenvalue weighted by atomic mass is 16.3. The molecule has 0 amide bonds. The van der Waals surface area contributed by atoms with Crippen molar-refractivity contribution >= 4 is 11.0 Å². The number of para-hydroxylation sites is 1. The molecule has 2 nitrogen and oxygen atoms in total. The van der Waals surface area contributed by atoms with Gasteiger partial charge in [0, 0.05) is 22.9 Å². The molecule has 1 aliphatic rings. The number of rotatable bonds is 2. The summed E-state index contributed by atoms with van der Waals surface area (Å²) in [5, 5.41) is 1.25. The summed E-state index contributed by atoms with van der Waals surface area (Å²) >= 11 is 0. The molecule has 0 atom stereocenters. The molecule has 1 aromatic carbocycles. The van der Waals surface area contributed by atoms with E-state index in [4.69, 9.17) is 10.2 Å². The van der Waals surface area contributed by atoms with E-state index in [-0.39, 0.29) is 5.41 Å². The van der Waals surface area contributed by atoms with Crippen LogP contribution in [-0.4, -0.2) is 6.54 Å². The van der Waals surface area contributed by atoms with Gasteiger partial charge in [0.05, 0.1) is 0 Å². The van der Waals surface area contributed by atoms with Gasteiger partial charge in [-0.05, 0) is 25.8 Å². The zero-order chi connectivity index (χ0) is 11.2. The number of fused-ring (bicyclic) bond motifs is 1. The van der Waals surface area contributed by atoms with Gasteiger partial charge >= 0.3 is 0 Å². The van der Waals surface area contributed by atoms with Crippen LogP contribution in [0.1, 0.15) is 30.6 Å². The third-order valence-electron chi connectivity index (χ3n) is 4.00. The molecule has 1 aliphatic carbocycles. The summed E-state index contributed by atoms with van der Waals surface area (Å²) in [5.41, 5.74) is 8.52. The third-order valence-corrected chi connectivity index (χ3v) is 4.00. The van der Waals surface area contributed by atoms with Crippen molar-refractivity contribution < 1.29 is 4.42 Å². The van der Waals surface area contributed by atoms with Gasteiger partial charge in [-0.1, -0.05) is 24.6 Å². The van der Waals surface area contributed by atoms with E-state index >= 15 is 0 Å². The quantitative estimate of drug-likeness (QED) is 0.836. The number of benzene rings is 1. The highest BCUT2D eigenvalue weighted by molar-refractivity contribution is 5.83. The van der Waals surface area contributed by atoms with Crippen LogP contribution in [0.3, 0.4) is 0 Å². The topological polar surface area (TPSA) is 39.2 Å². The smallest absolute Gasteiger partial charge is 0.134 e. The maximum absolute atomic E-state index is 5.98. The van der Waals surface area contributed by atoms with Gasteiger partial charge in [-0.2, -0.15) is 0 Å². The van der Waals surface area contributed by atoms with E-state index in [2.05, 4.69) is 19.1 Å². The van der Waals surface area contributed by atoms with Gasteiger partial charge in [-0.3, -0.25) is 0 Å². The average molecular weight is 215 g/mol. The molecule has 1 fully saturated rings. The molecule has 2 aromatic rings. The molecule has 0 spiro atoms. The average Bonchev–Trinajstić information content (AvgIpc) is 2.56. The molecule has 0 bridgehead atoms. The van der Waals surface area contributed by atoms with Crippen LogP contribution < -0.4 is 5.73 Å². The summed E-state index contributed by atoms with van der Waals surface area (Å²) in [5.74, 6) is 1.05. The Kier molecular flexibility index (Phi) is 2.08. The number of nitrogens with two attached hydrogens (primary N) is 1. The molecule has 3 rings (SSSR count). The van der Waals surface area contributed by atoms with Crippen LogP contribution in [0.2, 0.25) is 0 Å². The molecule has 2 N–H and O–H groups in total. The van der Waals surface area contributed by atoms with Crippen LogP contribution >= 0.6 is 0 Å². The molecule has 0 unspecified atom stereocenters. The molecule has 2 heteroatoms. The number of hydrogen-bond acceptors (Lipinski definition) is 2. The van der Waals surface area contributed by atoms with E-state index in [1.165, 1.54) is 30.2 Å². The minimum atomic E-state index is 0.191. The maximum Gasteiger partial charge on any atom is 0.134 e. The Morgan fingerprint density at radius 1 is 1.31 bits per heavy atom. The van der Waals surface area contributed by atoms with Crippen molar-refractivity contribution in [2.75, 3.05) is 6.54 Å². The zero-order valence-corrected chi connectivity index (χ0v) is 9.62. The summed E-state index contributed by atoms with van der Waals surface area (Å²) in [6.45, 7) is 2.79. The molecule has 0 saturated heterocycles. The molecular formula is C14H17NO. The molecular weight excluding hydrogens is 198 g/mol. The highest BCUT2D eigenvalue weighted by Gasteiger charge is 2.40. The van der Waals surface area contributed by atoms with Gasteiger partial charge in [-0.25, -0.2) is 0 Å². The van der Waals surface area contributed by atoms with Gasteiger partial charge in [0.25, 0.3) is 0 Å². The Morgan fingerprint density at radius 3 is 2.69 bits per heavy atom. The van der Waals surface area contributed by atoms with E-state index in [0.29, 0.717) is 0 Å². The summed E-state index contributed by atoms with van der Waals surface area (Å²) in [6.07, 6.45) is 3.69. The first-order valence-electron chi connectivity index (χ1n) is 5.95. The van der Waals surface area contributed by atoms with E-state index in [1.54, 1.807) is 0 Å². The van der Waals surface area contributed by atoms with Crippen LogP contribution in [0.15, 0.2) is 28.7 Å². The SMILES string of the molecule is Cc1oc2ccccc2c1C1(CN)CCC1. The Morgan fingerprint density at radius 2 is 2.06 bits per heavy atom. The fourth-order valence-electron chi connectivity index (χ4n) is 2.99. The van der Waals surface area contributed by atoms with Crippen LogP contribution in [0.4, 0.5) is 0 Å². The van der Waals surface area contributed by atoms with Gasteiger partial charge in [-0.15, -0.1) is 0 Å². The van der Waals surface area contributed by atoms with Crippen molar-refractivity contribution in [3.63, 3.8) is 0 Å². The van der Waals surface area contributed by atoms with Crippen molar-refractivity contribution in [2.24, 2.45) is 5.73 Å². The largest absolute Gasteiger partial charge is 0.461 e. The lowest BCUT2D eigenvalue weighted by atomic mass is 9.64. The van der Waals surface area contributed by atoms with Crippen molar-refractivity contribution in [3.05, 3.63) is 35.6 Å². The summed E-state index contributed by atoms with van der Waals surface area (Å²) < 4.78 is 5.83. The Balaban J connectivity index is 2.26. The van der Waals surface area contributed by atoms with Crippen molar-refractivity contribution in [1.29, 1.82) is 0 Å². The minimum Gasteiger partial charge on any atom is -0.461 e. The van der Waals surface area contributed by atoms with Crippen LogP contribution in [0.5, 0.6) is 0 Å². The number of furan rings is 1. The van der Waals surface area contributed by atoms with Crippen LogP contribution in [0, 0.1) is 6.92 Å². The lowest BCUT2D eigenvalue weighted by Crippen LogP contribution is -2.41. The monoisotopic (exact) mass is 215 g/mol. The molecule has 84 valence electrons. The standard InChI is InChI=1S/C14H17NO/c1-10-13(14(9-15)7-4-8-14)11-5-2-3-6-12(11)16-10/h2-3,5-6H,4,7-9,15H2,1H3. The van der Waals surface area contributed by atoms with Gasteiger partial charge in [0.1, 0.15) is 11.3 Å². The fraction of sp³-hybridized carbons (Fsp3) is 0.429. The highest BCUT2D eigenvalue weighted by Crippen LogP contribution is 2.47. The second-order valence-corrected chi connectivity index (χ2v) is 4.87. The molecule has 0 aliphatic heterocycles. The van der Waals surface area contributed by atoms with E-state index in [0.717, 1.165) is 17.9 Å². The first-order chi connectivity index (χ1) is 7.77. The van der Waals surface area contributed by atoms with Crippen LogP contribution in [0.25, 0.3) is 11.0 Å². The van der Waals surface area contributed by atoms with Crippen molar-refractivity contribution in [2.45, 2.75) is 31.6 Å². The van der Waals surface area contributed by atoms with Gasteiger partial charge in [0.15, 0.2) is 0 Å². The molecule has 1 saturated carbocycles. The molecule has 1 heterocycles. The first kappa shape index (κ1) is 9.91. The predicted octanol–water partition coefficient (Wildman–Crippen LogP) is 3.12. The minimum absolute atomic E-state index is 0.191. The lowest BCUT2D eigenvalue weighted by Gasteiger charge is -2.41. The first-order valence-corrected chi connectivity index (χ1v) is 5.95. The second-order valence-electron chi connectivity index (χ2n) is 4.87. The Labute approximate surface area is 95.4 Å². The number of aryl methyl sites for hydroxylation is 1. The Bertz CT molecular complexity index is 517. The number of hydrogen-bond donors (Lipinski definition) is 1. The van der Waals surface area contributed by atoms with Gasteiger partial charge < -0.3 is 10.2 Å². The van der Waals surface area contributed by atoms with Gasteiger partial charge in [0.2, 0.25) is 0 Å². The van der Waals surface area contributed by atoms with Crippen molar-refractivity contribution in [1.82, 2.24) is 0 Å². The second kappa shape index (κ2) is 3.36. The molecule has 0 radical (unpaired) electrons. The van der Waals surface area contributed by atoms with E-state index < -0.39 is 0 Å². The summed E-state index contributed by atoms with van der Waals surface area (Å²) in [6, 6.07) is 8.28. The zero-order valence-electron chi connectivity index (χ0n) is 9.62.